The van der Waals surface area contributed by atoms with E-state index < -0.39 is 23.3 Å². The SMILES string of the molecule is Cc1ccccc1N1C(=O)NC(=O)C(CCc2ccncc2)(CCc2ccncc2)C1=O. The number of anilines is 1. The quantitative estimate of drug-likeness (QED) is 0.580. The van der Waals surface area contributed by atoms with E-state index in [2.05, 4.69) is 15.3 Å². The number of para-hydroxylation sites is 1. The third-order valence-corrected chi connectivity index (χ3v) is 6.01. The molecule has 7 nitrogen and oxygen atoms in total. The molecule has 0 spiro atoms. The number of imide groups is 2. The number of urea groups is 1. The molecule has 2 aromatic heterocycles. The second-order valence-electron chi connectivity index (χ2n) is 7.98. The molecule has 0 saturated carbocycles. The first kappa shape index (κ1) is 21.4. The van der Waals surface area contributed by atoms with E-state index in [0.717, 1.165) is 21.6 Å². The molecule has 3 heterocycles. The smallest absolute Gasteiger partial charge is 0.276 e. The van der Waals surface area contributed by atoms with Crippen LogP contribution in [0.1, 0.15) is 29.5 Å². The number of nitrogens with one attached hydrogen (secondary N) is 1. The fraction of sp³-hybridized carbons (Fsp3) is 0.240. The number of rotatable bonds is 7. The number of pyridine rings is 2. The second-order valence-corrected chi connectivity index (χ2v) is 7.98. The van der Waals surface area contributed by atoms with Gasteiger partial charge in [-0.1, -0.05) is 18.2 Å². The van der Waals surface area contributed by atoms with Gasteiger partial charge in [0.05, 0.1) is 5.69 Å². The Balaban J connectivity index is 1.71. The number of barbiturate groups is 1. The molecule has 0 atom stereocenters. The number of carbonyl (C=O) groups is 3. The Kier molecular flexibility index (Phi) is 6.07. The molecule has 0 bridgehead atoms. The van der Waals surface area contributed by atoms with Crippen LogP contribution >= 0.6 is 0 Å². The van der Waals surface area contributed by atoms with Gasteiger partial charge >= 0.3 is 6.03 Å². The summed E-state index contributed by atoms with van der Waals surface area (Å²) in [5.74, 6) is -1.02. The highest BCUT2D eigenvalue weighted by molar-refractivity contribution is 6.30. The van der Waals surface area contributed by atoms with Gasteiger partial charge in [-0.2, -0.15) is 0 Å². The lowest BCUT2D eigenvalue weighted by Gasteiger charge is -2.40. The van der Waals surface area contributed by atoms with Crippen molar-refractivity contribution < 1.29 is 14.4 Å². The van der Waals surface area contributed by atoms with Gasteiger partial charge in [0.1, 0.15) is 5.41 Å². The summed E-state index contributed by atoms with van der Waals surface area (Å²) in [6.45, 7) is 1.84. The number of hydrogen-bond acceptors (Lipinski definition) is 5. The fourth-order valence-electron chi connectivity index (χ4n) is 4.09. The molecule has 1 fully saturated rings. The van der Waals surface area contributed by atoms with Crippen molar-refractivity contribution in [1.29, 1.82) is 0 Å². The lowest BCUT2D eigenvalue weighted by molar-refractivity contribution is -0.143. The Hall–Kier alpha value is -3.87. The Morgan fingerprint density at radius 2 is 1.34 bits per heavy atom. The van der Waals surface area contributed by atoms with Gasteiger partial charge in [0, 0.05) is 24.8 Å². The number of carbonyl (C=O) groups excluding carboxylic acids is 3. The Morgan fingerprint density at radius 3 is 1.88 bits per heavy atom. The highest BCUT2D eigenvalue weighted by Gasteiger charge is 2.53. The third-order valence-electron chi connectivity index (χ3n) is 6.01. The summed E-state index contributed by atoms with van der Waals surface area (Å²) in [5.41, 5.74) is 1.84. The molecule has 1 aliphatic rings. The molecule has 4 amide bonds. The first-order chi connectivity index (χ1) is 15.5. The molecule has 162 valence electrons. The molecule has 4 rings (SSSR count). The average molecular weight is 428 g/mol. The molecule has 3 aromatic rings. The summed E-state index contributed by atoms with van der Waals surface area (Å²) >= 11 is 0. The fourth-order valence-corrected chi connectivity index (χ4v) is 4.09. The van der Waals surface area contributed by atoms with Crippen molar-refractivity contribution in [1.82, 2.24) is 15.3 Å². The number of nitrogens with zero attached hydrogens (tertiary/aromatic N) is 3. The zero-order valence-electron chi connectivity index (χ0n) is 17.8. The molecule has 0 aliphatic carbocycles. The van der Waals surface area contributed by atoms with E-state index in [4.69, 9.17) is 0 Å². The van der Waals surface area contributed by atoms with Crippen LogP contribution in [-0.2, 0) is 22.4 Å². The van der Waals surface area contributed by atoms with Crippen LogP contribution in [0.5, 0.6) is 0 Å². The average Bonchev–Trinajstić information content (AvgIpc) is 2.81. The first-order valence-corrected chi connectivity index (χ1v) is 10.5. The zero-order chi connectivity index (χ0) is 22.6. The number of aromatic nitrogens is 2. The van der Waals surface area contributed by atoms with Crippen LogP contribution in [0.4, 0.5) is 10.5 Å². The maximum atomic E-state index is 13.9. The summed E-state index contributed by atoms with van der Waals surface area (Å²) in [6.07, 6.45) is 8.32. The monoisotopic (exact) mass is 428 g/mol. The Morgan fingerprint density at radius 1 is 0.812 bits per heavy atom. The maximum absolute atomic E-state index is 13.9. The van der Waals surface area contributed by atoms with Crippen LogP contribution in [0, 0.1) is 12.3 Å². The van der Waals surface area contributed by atoms with Gasteiger partial charge in [-0.15, -0.1) is 0 Å². The normalized spacial score (nSPS) is 15.5. The van der Waals surface area contributed by atoms with Gasteiger partial charge in [-0.3, -0.25) is 24.9 Å². The highest BCUT2D eigenvalue weighted by atomic mass is 16.2. The number of hydrogen-bond donors (Lipinski definition) is 1. The molecule has 0 unspecified atom stereocenters. The van der Waals surface area contributed by atoms with E-state index in [-0.39, 0.29) is 12.8 Å². The van der Waals surface area contributed by atoms with Crippen molar-refractivity contribution in [3.63, 3.8) is 0 Å². The predicted molar refractivity (Wildman–Crippen MR) is 120 cm³/mol. The number of amides is 4. The minimum atomic E-state index is -1.37. The predicted octanol–water partition coefficient (Wildman–Crippen LogP) is 3.62. The van der Waals surface area contributed by atoms with Crippen LogP contribution in [0.15, 0.2) is 73.3 Å². The summed E-state index contributed by atoms with van der Waals surface area (Å²) in [4.78, 5) is 49.1. The topological polar surface area (TPSA) is 92.3 Å². The summed E-state index contributed by atoms with van der Waals surface area (Å²) in [6, 6.07) is 13.9. The van der Waals surface area contributed by atoms with E-state index in [1.165, 1.54) is 0 Å². The van der Waals surface area contributed by atoms with Gasteiger partial charge in [0.25, 0.3) is 5.91 Å². The van der Waals surface area contributed by atoms with Gasteiger partial charge in [0.2, 0.25) is 5.91 Å². The van der Waals surface area contributed by atoms with Crippen LogP contribution in [-0.4, -0.2) is 27.8 Å². The Labute approximate surface area is 186 Å². The minimum absolute atomic E-state index is 0.280. The summed E-state index contributed by atoms with van der Waals surface area (Å²) < 4.78 is 0. The van der Waals surface area contributed by atoms with E-state index in [9.17, 15) is 14.4 Å². The van der Waals surface area contributed by atoms with E-state index in [1.807, 2.05) is 43.3 Å². The van der Waals surface area contributed by atoms with Gasteiger partial charge < -0.3 is 0 Å². The van der Waals surface area contributed by atoms with E-state index >= 15 is 0 Å². The van der Waals surface area contributed by atoms with Gasteiger partial charge in [-0.05, 0) is 79.6 Å². The molecule has 1 aliphatic heterocycles. The largest absolute Gasteiger partial charge is 0.335 e. The van der Waals surface area contributed by atoms with Crippen molar-refractivity contribution in [2.24, 2.45) is 5.41 Å². The standard InChI is InChI=1S/C25H24N4O3/c1-18-4-2-3-5-21(18)29-23(31)25(22(30)28-24(29)32,12-6-19-8-14-26-15-9-19)13-7-20-10-16-27-17-11-20/h2-5,8-11,14-17H,6-7,12-13H2,1H3,(H,28,30,32). The third kappa shape index (κ3) is 4.14. The van der Waals surface area contributed by atoms with Crippen molar-refractivity contribution in [3.8, 4) is 0 Å². The Bertz CT molecular complexity index is 1090. The molecular formula is C25H24N4O3. The molecular weight excluding hydrogens is 404 g/mol. The van der Waals surface area contributed by atoms with E-state index in [1.54, 1.807) is 36.9 Å². The van der Waals surface area contributed by atoms with Crippen LogP contribution in [0.2, 0.25) is 0 Å². The van der Waals surface area contributed by atoms with Crippen LogP contribution in [0.25, 0.3) is 0 Å². The van der Waals surface area contributed by atoms with E-state index in [0.29, 0.717) is 18.5 Å². The van der Waals surface area contributed by atoms with Gasteiger partial charge in [0.15, 0.2) is 0 Å². The van der Waals surface area contributed by atoms with Crippen LogP contribution in [0.3, 0.4) is 0 Å². The van der Waals surface area contributed by atoms with Gasteiger partial charge in [-0.25, -0.2) is 9.69 Å². The minimum Gasteiger partial charge on any atom is -0.276 e. The molecule has 1 saturated heterocycles. The molecule has 32 heavy (non-hydrogen) atoms. The van der Waals surface area contributed by atoms with Crippen molar-refractivity contribution in [2.45, 2.75) is 32.6 Å². The highest BCUT2D eigenvalue weighted by Crippen LogP contribution is 2.38. The summed E-state index contributed by atoms with van der Waals surface area (Å²) in [7, 11) is 0. The lowest BCUT2D eigenvalue weighted by atomic mass is 9.74. The molecule has 1 N–H and O–H groups in total. The zero-order valence-corrected chi connectivity index (χ0v) is 17.8. The first-order valence-electron chi connectivity index (χ1n) is 10.5. The lowest BCUT2D eigenvalue weighted by Crippen LogP contribution is -2.64. The van der Waals surface area contributed by atoms with Crippen molar-refractivity contribution in [3.05, 3.63) is 90.0 Å². The number of aryl methyl sites for hydroxylation is 3. The molecule has 1 aromatic carbocycles. The number of benzene rings is 1. The van der Waals surface area contributed by atoms with Crippen molar-refractivity contribution in [2.75, 3.05) is 4.90 Å². The second kappa shape index (κ2) is 9.09. The molecule has 7 heteroatoms. The van der Waals surface area contributed by atoms with Crippen molar-refractivity contribution >= 4 is 23.5 Å². The maximum Gasteiger partial charge on any atom is 0.335 e. The summed E-state index contributed by atoms with van der Waals surface area (Å²) in [5, 5.41) is 2.45. The molecule has 0 radical (unpaired) electrons. The van der Waals surface area contributed by atoms with Crippen LogP contribution < -0.4 is 10.2 Å².